The van der Waals surface area contributed by atoms with Gasteiger partial charge in [-0.3, -0.25) is 14.5 Å². The zero-order chi connectivity index (χ0) is 27.9. The van der Waals surface area contributed by atoms with Crippen LogP contribution in [0.5, 0.6) is 23.0 Å². The summed E-state index contributed by atoms with van der Waals surface area (Å²) in [4.78, 5) is 29.6. The minimum absolute atomic E-state index is 0.0159. The first-order valence-corrected chi connectivity index (χ1v) is 12.9. The second-order valence-corrected chi connectivity index (χ2v) is 9.15. The van der Waals surface area contributed by atoms with Crippen LogP contribution in [0.4, 0.5) is 5.69 Å². The molecule has 5 rings (SSSR count). The van der Waals surface area contributed by atoms with E-state index in [9.17, 15) is 9.59 Å². The van der Waals surface area contributed by atoms with E-state index in [1.165, 1.54) is 4.90 Å². The number of carbonyl (C=O) groups excluding carboxylic acids is 2. The topological polar surface area (TPSA) is 86.3 Å². The highest BCUT2D eigenvalue weighted by atomic mass is 16.6. The van der Waals surface area contributed by atoms with Gasteiger partial charge in [-0.1, -0.05) is 54.6 Å². The highest BCUT2D eigenvalue weighted by Gasteiger charge is 2.39. The molecule has 0 saturated heterocycles. The van der Waals surface area contributed by atoms with E-state index in [4.69, 9.17) is 18.9 Å². The first kappa shape index (κ1) is 26.6. The fourth-order valence-corrected chi connectivity index (χ4v) is 4.52. The lowest BCUT2D eigenvalue weighted by molar-refractivity contribution is -0.131. The molecule has 0 radical (unpaired) electrons. The van der Waals surface area contributed by atoms with Gasteiger partial charge in [0.15, 0.2) is 11.5 Å². The van der Waals surface area contributed by atoms with Crippen LogP contribution in [-0.4, -0.2) is 38.7 Å². The average molecular weight is 539 g/mol. The van der Waals surface area contributed by atoms with Gasteiger partial charge in [0.2, 0.25) is 12.0 Å². The predicted molar refractivity (Wildman–Crippen MR) is 151 cm³/mol. The minimum atomic E-state index is -1.00. The van der Waals surface area contributed by atoms with Crippen molar-refractivity contribution in [3.05, 3.63) is 114 Å². The third kappa shape index (κ3) is 5.86. The van der Waals surface area contributed by atoms with Gasteiger partial charge >= 0.3 is 0 Å². The van der Waals surface area contributed by atoms with Crippen LogP contribution in [0.2, 0.25) is 0 Å². The Morgan fingerprint density at radius 2 is 1.43 bits per heavy atom. The van der Waals surface area contributed by atoms with E-state index >= 15 is 0 Å². The quantitative estimate of drug-likeness (QED) is 0.325. The Hall–Kier alpha value is -4.98. The summed E-state index contributed by atoms with van der Waals surface area (Å²) in [6.07, 6.45) is -0.953. The third-order valence-corrected chi connectivity index (χ3v) is 6.62. The summed E-state index contributed by atoms with van der Waals surface area (Å²) < 4.78 is 22.5. The number of nitrogens with zero attached hydrogens (tertiary/aromatic N) is 1. The summed E-state index contributed by atoms with van der Waals surface area (Å²) in [5, 5.41) is 3.01. The van der Waals surface area contributed by atoms with Crippen molar-refractivity contribution in [2.24, 2.45) is 0 Å². The van der Waals surface area contributed by atoms with Crippen molar-refractivity contribution >= 4 is 17.5 Å². The Morgan fingerprint density at radius 3 is 2.08 bits per heavy atom. The molecule has 0 spiro atoms. The van der Waals surface area contributed by atoms with Crippen LogP contribution in [0, 0.1) is 0 Å². The SMILES string of the molecule is COc1ccc(CNC(=O)C(c2ccc(OC)cc2)N(C(=O)C2COc3ccccc3O2)c2ccccc2)cc1. The number of hydrogen-bond donors (Lipinski definition) is 1. The fraction of sp³-hybridized carbons (Fsp3) is 0.188. The van der Waals surface area contributed by atoms with Crippen molar-refractivity contribution in [3.63, 3.8) is 0 Å². The molecule has 0 fully saturated rings. The third-order valence-electron chi connectivity index (χ3n) is 6.62. The number of rotatable bonds is 9. The summed E-state index contributed by atoms with van der Waals surface area (Å²) >= 11 is 0. The first-order valence-electron chi connectivity index (χ1n) is 12.9. The predicted octanol–water partition coefficient (Wildman–Crippen LogP) is 4.93. The molecule has 2 atom stereocenters. The molecule has 0 bridgehead atoms. The van der Waals surface area contributed by atoms with Crippen LogP contribution >= 0.6 is 0 Å². The van der Waals surface area contributed by atoms with Gasteiger partial charge in [-0.15, -0.1) is 0 Å². The molecule has 8 nitrogen and oxygen atoms in total. The monoisotopic (exact) mass is 538 g/mol. The highest BCUT2D eigenvalue weighted by molar-refractivity contribution is 6.03. The molecular weight excluding hydrogens is 508 g/mol. The molecule has 1 heterocycles. The van der Waals surface area contributed by atoms with Crippen molar-refractivity contribution in [1.82, 2.24) is 5.32 Å². The van der Waals surface area contributed by atoms with E-state index in [1.807, 2.05) is 54.6 Å². The molecule has 2 unspecified atom stereocenters. The number of para-hydroxylation sites is 3. The molecule has 40 heavy (non-hydrogen) atoms. The molecule has 0 saturated carbocycles. The Labute approximate surface area is 233 Å². The van der Waals surface area contributed by atoms with E-state index in [0.717, 1.165) is 11.3 Å². The Bertz CT molecular complexity index is 1440. The number of fused-ring (bicyclic) bond motifs is 1. The molecule has 0 aromatic heterocycles. The number of hydrogen-bond acceptors (Lipinski definition) is 6. The van der Waals surface area contributed by atoms with Gasteiger partial charge in [0.05, 0.1) is 14.2 Å². The maximum Gasteiger partial charge on any atom is 0.272 e. The molecule has 1 aliphatic rings. The van der Waals surface area contributed by atoms with Crippen molar-refractivity contribution in [2.45, 2.75) is 18.7 Å². The highest BCUT2D eigenvalue weighted by Crippen LogP contribution is 2.34. The van der Waals surface area contributed by atoms with Gasteiger partial charge < -0.3 is 24.3 Å². The average Bonchev–Trinajstić information content (AvgIpc) is 3.02. The maximum atomic E-state index is 14.2. The van der Waals surface area contributed by atoms with Crippen molar-refractivity contribution in [3.8, 4) is 23.0 Å². The van der Waals surface area contributed by atoms with Crippen LogP contribution in [-0.2, 0) is 16.1 Å². The molecule has 1 aliphatic heterocycles. The molecule has 204 valence electrons. The van der Waals surface area contributed by atoms with E-state index in [0.29, 0.717) is 28.5 Å². The van der Waals surface area contributed by atoms with Crippen molar-refractivity contribution in [1.29, 1.82) is 0 Å². The Kier molecular flexibility index (Phi) is 8.15. The van der Waals surface area contributed by atoms with Gasteiger partial charge in [0.25, 0.3) is 5.91 Å². The minimum Gasteiger partial charge on any atom is -0.497 e. The molecule has 1 N–H and O–H groups in total. The number of nitrogens with one attached hydrogen (secondary N) is 1. The first-order chi connectivity index (χ1) is 19.6. The number of carbonyl (C=O) groups is 2. The van der Waals surface area contributed by atoms with Crippen molar-refractivity contribution < 1.29 is 28.5 Å². The van der Waals surface area contributed by atoms with Gasteiger partial charge in [-0.2, -0.15) is 0 Å². The number of anilines is 1. The largest absolute Gasteiger partial charge is 0.497 e. The van der Waals surface area contributed by atoms with E-state index in [1.54, 1.807) is 62.8 Å². The lowest BCUT2D eigenvalue weighted by Gasteiger charge is -2.35. The second kappa shape index (κ2) is 12.3. The lowest BCUT2D eigenvalue weighted by Crippen LogP contribution is -2.51. The van der Waals surface area contributed by atoms with E-state index in [-0.39, 0.29) is 19.1 Å². The zero-order valence-electron chi connectivity index (χ0n) is 22.3. The molecule has 4 aromatic rings. The molecule has 8 heteroatoms. The normalized spacial score (nSPS) is 14.5. The standard InChI is InChI=1S/C32H30N2O6/c1-37-25-16-12-22(13-17-25)20-33-31(35)30(23-14-18-26(38-2)19-15-23)34(24-8-4-3-5-9-24)32(36)29-21-39-27-10-6-7-11-28(27)40-29/h3-19,29-30H,20-21H2,1-2H3,(H,33,35). The summed E-state index contributed by atoms with van der Waals surface area (Å²) in [5.41, 5.74) is 2.05. The molecule has 2 amide bonds. The Morgan fingerprint density at radius 1 is 0.825 bits per heavy atom. The molecular formula is C32H30N2O6. The summed E-state index contributed by atoms with van der Waals surface area (Å²) in [6, 6.07) is 29.8. The number of ether oxygens (including phenoxy) is 4. The number of amides is 2. The fourth-order valence-electron chi connectivity index (χ4n) is 4.52. The molecule has 4 aromatic carbocycles. The van der Waals surface area contributed by atoms with Crippen LogP contribution < -0.4 is 29.2 Å². The van der Waals surface area contributed by atoms with Gasteiger partial charge in [-0.05, 0) is 59.7 Å². The smallest absolute Gasteiger partial charge is 0.272 e. The summed E-state index contributed by atoms with van der Waals surface area (Å²) in [7, 11) is 3.18. The van der Waals surface area contributed by atoms with Gasteiger partial charge in [-0.25, -0.2) is 0 Å². The zero-order valence-corrected chi connectivity index (χ0v) is 22.3. The maximum absolute atomic E-state index is 14.2. The van der Waals surface area contributed by atoms with Crippen LogP contribution in [0.1, 0.15) is 17.2 Å². The van der Waals surface area contributed by atoms with Crippen molar-refractivity contribution in [2.75, 3.05) is 25.7 Å². The van der Waals surface area contributed by atoms with Gasteiger partial charge in [0, 0.05) is 12.2 Å². The summed E-state index contributed by atoms with van der Waals surface area (Å²) in [6.45, 7) is 0.282. The van der Waals surface area contributed by atoms with Crippen LogP contribution in [0.15, 0.2) is 103 Å². The molecule has 0 aliphatic carbocycles. The summed E-state index contributed by atoms with van der Waals surface area (Å²) in [5.74, 6) is 1.66. The van der Waals surface area contributed by atoms with Crippen LogP contribution in [0.25, 0.3) is 0 Å². The van der Waals surface area contributed by atoms with E-state index in [2.05, 4.69) is 5.32 Å². The number of benzene rings is 4. The second-order valence-electron chi connectivity index (χ2n) is 9.15. The Balaban J connectivity index is 1.50. The van der Waals surface area contributed by atoms with Gasteiger partial charge in [0.1, 0.15) is 24.1 Å². The van der Waals surface area contributed by atoms with Crippen LogP contribution in [0.3, 0.4) is 0 Å². The number of methoxy groups -OCH3 is 2. The lowest BCUT2D eigenvalue weighted by atomic mass is 10.0. The van der Waals surface area contributed by atoms with E-state index < -0.39 is 18.1 Å².